The quantitative estimate of drug-likeness (QED) is 0.787. The highest BCUT2D eigenvalue weighted by molar-refractivity contribution is 6.35. The van der Waals surface area contributed by atoms with Crippen molar-refractivity contribution in [2.75, 3.05) is 18.9 Å². The number of nitrogens with zero attached hydrogens (tertiary/aromatic N) is 1. The summed E-state index contributed by atoms with van der Waals surface area (Å²) in [5, 5.41) is 4.26. The van der Waals surface area contributed by atoms with Crippen molar-refractivity contribution in [3.8, 4) is 0 Å². The monoisotopic (exact) mass is 364 g/mol. The average molecular weight is 365 g/mol. The molecule has 0 aliphatic rings. The van der Waals surface area contributed by atoms with Gasteiger partial charge >= 0.3 is 0 Å². The molecule has 1 N–H and O–H groups in total. The molecule has 2 aromatic carbocycles. The second-order valence-corrected chi connectivity index (χ2v) is 6.76. The Hall–Kier alpha value is -1.55. The minimum atomic E-state index is -0.0356. The van der Waals surface area contributed by atoms with Gasteiger partial charge in [-0.1, -0.05) is 54.4 Å². The van der Waals surface area contributed by atoms with Gasteiger partial charge in [0.2, 0.25) is 5.91 Å². The number of benzene rings is 2. The topological polar surface area (TPSA) is 32.3 Å². The second kappa shape index (κ2) is 8.52. The van der Waals surface area contributed by atoms with Crippen LogP contribution in [0.1, 0.15) is 23.6 Å². The van der Waals surface area contributed by atoms with Gasteiger partial charge in [-0.2, -0.15) is 0 Å². The second-order valence-electron chi connectivity index (χ2n) is 5.92. The summed E-state index contributed by atoms with van der Waals surface area (Å²) in [6, 6.07) is 11.5. The predicted octanol–water partition coefficient (Wildman–Crippen LogP) is 4.93. The van der Waals surface area contributed by atoms with Gasteiger partial charge in [0.05, 0.1) is 6.54 Å². The lowest BCUT2D eigenvalue weighted by Crippen LogP contribution is -2.30. The number of para-hydroxylation sites is 1. The Bertz CT molecular complexity index is 731. The fraction of sp³-hybridized carbons (Fsp3) is 0.316. The lowest BCUT2D eigenvalue weighted by molar-refractivity contribution is -0.117. The Kier molecular flexibility index (Phi) is 6.67. The summed E-state index contributed by atoms with van der Waals surface area (Å²) in [5.41, 5.74) is 4.09. The third-order valence-corrected chi connectivity index (χ3v) is 4.46. The highest BCUT2D eigenvalue weighted by atomic mass is 35.5. The average Bonchev–Trinajstić information content (AvgIpc) is 2.52. The van der Waals surface area contributed by atoms with Gasteiger partial charge in [-0.05, 0) is 49.2 Å². The van der Waals surface area contributed by atoms with Crippen molar-refractivity contribution in [3.05, 3.63) is 63.1 Å². The normalized spacial score (nSPS) is 10.9. The maximum Gasteiger partial charge on any atom is 0.238 e. The highest BCUT2D eigenvalue weighted by Crippen LogP contribution is 2.23. The van der Waals surface area contributed by atoms with E-state index in [0.717, 1.165) is 28.8 Å². The molecular formula is C19H22Cl2N2O. The molecule has 0 atom stereocenters. The standard InChI is InChI=1S/C19H22Cl2N2O/c1-4-14-7-5-6-13(2)19(14)22-18(24)12-23(3)11-15-8-9-16(20)10-17(15)21/h5-10H,4,11-12H2,1-3H3,(H,22,24). The molecule has 5 heteroatoms. The van der Waals surface area contributed by atoms with Crippen LogP contribution in [-0.4, -0.2) is 24.4 Å². The Labute approximate surface area is 153 Å². The van der Waals surface area contributed by atoms with E-state index in [1.54, 1.807) is 12.1 Å². The highest BCUT2D eigenvalue weighted by Gasteiger charge is 2.12. The van der Waals surface area contributed by atoms with Crippen LogP contribution in [0.2, 0.25) is 10.0 Å². The molecule has 0 radical (unpaired) electrons. The van der Waals surface area contributed by atoms with Crippen molar-refractivity contribution in [1.29, 1.82) is 0 Å². The molecule has 1 amide bonds. The fourth-order valence-electron chi connectivity index (χ4n) is 2.62. The largest absolute Gasteiger partial charge is 0.324 e. The van der Waals surface area contributed by atoms with Crippen molar-refractivity contribution in [2.45, 2.75) is 26.8 Å². The van der Waals surface area contributed by atoms with Crippen LogP contribution < -0.4 is 5.32 Å². The number of hydrogen-bond acceptors (Lipinski definition) is 2. The molecular weight excluding hydrogens is 343 g/mol. The Morgan fingerprint density at radius 2 is 1.92 bits per heavy atom. The van der Waals surface area contributed by atoms with Gasteiger partial charge in [0.1, 0.15) is 0 Å². The number of likely N-dealkylation sites (N-methyl/N-ethyl adjacent to an activating group) is 1. The molecule has 0 saturated carbocycles. The number of amides is 1. The molecule has 0 unspecified atom stereocenters. The lowest BCUT2D eigenvalue weighted by Gasteiger charge is -2.19. The molecule has 24 heavy (non-hydrogen) atoms. The van der Waals surface area contributed by atoms with E-state index in [2.05, 4.69) is 12.2 Å². The van der Waals surface area contributed by atoms with Crippen LogP contribution in [0, 0.1) is 6.92 Å². The first kappa shape index (κ1) is 18.8. The summed E-state index contributed by atoms with van der Waals surface area (Å²) in [7, 11) is 1.89. The van der Waals surface area contributed by atoms with E-state index in [1.807, 2.05) is 43.1 Å². The van der Waals surface area contributed by atoms with Gasteiger partial charge in [-0.3, -0.25) is 9.69 Å². The van der Waals surface area contributed by atoms with E-state index < -0.39 is 0 Å². The molecule has 0 spiro atoms. The Morgan fingerprint density at radius 3 is 2.58 bits per heavy atom. The minimum absolute atomic E-state index is 0.0356. The summed E-state index contributed by atoms with van der Waals surface area (Å²) in [5.74, 6) is -0.0356. The van der Waals surface area contributed by atoms with Crippen molar-refractivity contribution in [1.82, 2.24) is 4.90 Å². The minimum Gasteiger partial charge on any atom is -0.324 e. The summed E-state index contributed by atoms with van der Waals surface area (Å²) >= 11 is 12.1. The van der Waals surface area contributed by atoms with Gasteiger partial charge < -0.3 is 5.32 Å². The van der Waals surface area contributed by atoms with Crippen LogP contribution >= 0.6 is 23.2 Å². The zero-order valence-electron chi connectivity index (χ0n) is 14.2. The first-order valence-corrected chi connectivity index (χ1v) is 8.67. The molecule has 0 heterocycles. The molecule has 3 nitrogen and oxygen atoms in total. The fourth-order valence-corrected chi connectivity index (χ4v) is 3.09. The maximum absolute atomic E-state index is 12.4. The van der Waals surface area contributed by atoms with Gasteiger partial charge in [-0.15, -0.1) is 0 Å². The summed E-state index contributed by atoms with van der Waals surface area (Å²) in [6.07, 6.45) is 0.882. The third kappa shape index (κ3) is 4.97. The van der Waals surface area contributed by atoms with Crippen LogP contribution in [0.4, 0.5) is 5.69 Å². The summed E-state index contributed by atoms with van der Waals surface area (Å²) in [4.78, 5) is 14.3. The molecule has 0 fully saturated rings. The molecule has 0 aromatic heterocycles. The molecule has 0 aliphatic carbocycles. The van der Waals surface area contributed by atoms with Crippen molar-refractivity contribution < 1.29 is 4.79 Å². The molecule has 0 bridgehead atoms. The van der Waals surface area contributed by atoms with Crippen LogP contribution in [0.25, 0.3) is 0 Å². The number of carbonyl (C=O) groups is 1. The lowest BCUT2D eigenvalue weighted by atomic mass is 10.1. The third-order valence-electron chi connectivity index (χ3n) is 3.87. The first-order chi connectivity index (χ1) is 11.4. The van der Waals surface area contributed by atoms with E-state index in [9.17, 15) is 4.79 Å². The summed E-state index contributed by atoms with van der Waals surface area (Å²) < 4.78 is 0. The van der Waals surface area contributed by atoms with Gasteiger partial charge in [0.25, 0.3) is 0 Å². The number of anilines is 1. The van der Waals surface area contributed by atoms with E-state index in [-0.39, 0.29) is 12.5 Å². The molecule has 0 saturated heterocycles. The van der Waals surface area contributed by atoms with Crippen LogP contribution in [0.15, 0.2) is 36.4 Å². The number of rotatable bonds is 6. The van der Waals surface area contributed by atoms with E-state index >= 15 is 0 Å². The smallest absolute Gasteiger partial charge is 0.238 e. The number of hydrogen-bond donors (Lipinski definition) is 1. The van der Waals surface area contributed by atoms with Crippen LogP contribution in [0.5, 0.6) is 0 Å². The zero-order chi connectivity index (χ0) is 17.7. The molecule has 2 aromatic rings. The number of nitrogens with one attached hydrogen (secondary N) is 1. The molecule has 0 aliphatic heterocycles. The Morgan fingerprint density at radius 1 is 1.17 bits per heavy atom. The van der Waals surface area contributed by atoms with Crippen LogP contribution in [-0.2, 0) is 17.8 Å². The maximum atomic E-state index is 12.4. The van der Waals surface area contributed by atoms with Crippen molar-refractivity contribution >= 4 is 34.8 Å². The molecule has 2 rings (SSSR count). The van der Waals surface area contributed by atoms with E-state index in [4.69, 9.17) is 23.2 Å². The van der Waals surface area contributed by atoms with Gasteiger partial charge in [0, 0.05) is 22.3 Å². The number of aryl methyl sites for hydroxylation is 2. The molecule has 128 valence electrons. The van der Waals surface area contributed by atoms with Crippen LogP contribution in [0.3, 0.4) is 0 Å². The first-order valence-electron chi connectivity index (χ1n) is 7.91. The SMILES string of the molecule is CCc1cccc(C)c1NC(=O)CN(C)Cc1ccc(Cl)cc1Cl. The van der Waals surface area contributed by atoms with Crippen molar-refractivity contribution in [3.63, 3.8) is 0 Å². The number of halogens is 2. The van der Waals surface area contributed by atoms with Crippen molar-refractivity contribution in [2.24, 2.45) is 0 Å². The zero-order valence-corrected chi connectivity index (χ0v) is 15.7. The van der Waals surface area contributed by atoms with E-state index in [0.29, 0.717) is 16.6 Å². The summed E-state index contributed by atoms with van der Waals surface area (Å²) in [6.45, 7) is 4.96. The van der Waals surface area contributed by atoms with Gasteiger partial charge in [0.15, 0.2) is 0 Å². The number of carbonyl (C=O) groups excluding carboxylic acids is 1. The van der Waals surface area contributed by atoms with E-state index in [1.165, 1.54) is 0 Å². The Balaban J connectivity index is 1.99. The predicted molar refractivity (Wildman–Crippen MR) is 102 cm³/mol. The van der Waals surface area contributed by atoms with Gasteiger partial charge in [-0.25, -0.2) is 0 Å².